The number of aryl methyl sites for hydroxylation is 1. The largest absolute Gasteiger partial charge is 0.256 e. The van der Waals surface area contributed by atoms with Gasteiger partial charge in [0.25, 0.3) is 0 Å². The summed E-state index contributed by atoms with van der Waals surface area (Å²) in [5.41, 5.74) is 8.40. The van der Waals surface area contributed by atoms with Gasteiger partial charge in [-0.25, -0.2) is 4.68 Å². The number of aromatic nitrogens is 3. The lowest BCUT2D eigenvalue weighted by molar-refractivity contribution is 0.589. The van der Waals surface area contributed by atoms with Crippen LogP contribution in [0.4, 0.5) is 0 Å². The molecule has 0 radical (unpaired) electrons. The van der Waals surface area contributed by atoms with Gasteiger partial charge < -0.3 is 0 Å². The minimum absolute atomic E-state index is 0.0769. The number of hydrogen-bond donors (Lipinski definition) is 0. The monoisotopic (exact) mass is 381 g/mol. The Hall–Kier alpha value is -3.20. The summed E-state index contributed by atoms with van der Waals surface area (Å²) in [5.74, 6) is 0. The van der Waals surface area contributed by atoms with Crippen molar-refractivity contribution in [1.29, 1.82) is 0 Å². The van der Waals surface area contributed by atoms with Crippen LogP contribution in [0.5, 0.6) is 0 Å². The summed E-state index contributed by atoms with van der Waals surface area (Å²) >= 11 is 0. The highest BCUT2D eigenvalue weighted by Gasteiger charge is 2.16. The zero-order chi connectivity index (χ0) is 20.4. The van der Waals surface area contributed by atoms with Crippen molar-refractivity contribution in [3.05, 3.63) is 102 Å². The fourth-order valence-corrected chi connectivity index (χ4v) is 3.58. The van der Waals surface area contributed by atoms with Crippen molar-refractivity contribution < 1.29 is 0 Å². The van der Waals surface area contributed by atoms with Gasteiger partial charge >= 0.3 is 0 Å². The van der Waals surface area contributed by atoms with Crippen LogP contribution in [0.1, 0.15) is 43.2 Å². The van der Waals surface area contributed by atoms with Crippen molar-refractivity contribution in [2.24, 2.45) is 0 Å². The Labute approximate surface area is 173 Å². The van der Waals surface area contributed by atoms with Crippen LogP contribution >= 0.6 is 0 Å². The van der Waals surface area contributed by atoms with E-state index in [1.165, 1.54) is 22.3 Å². The molecule has 3 heteroatoms. The smallest absolute Gasteiger partial charge is 0.0702 e. The molecular weight excluding hydrogens is 354 g/mol. The number of hydrogen-bond acceptors (Lipinski definition) is 2. The van der Waals surface area contributed by atoms with Gasteiger partial charge in [0.15, 0.2) is 0 Å². The second-order valence-electron chi connectivity index (χ2n) is 8.61. The SMILES string of the molecule is Cc1ccnn1-c1cccc(Cc2cc(-c3ccccn3)cc(C(C)(C)C)c2)c1. The van der Waals surface area contributed by atoms with Crippen molar-refractivity contribution in [2.45, 2.75) is 39.5 Å². The third kappa shape index (κ3) is 4.29. The quantitative estimate of drug-likeness (QED) is 0.426. The third-order valence-electron chi connectivity index (χ3n) is 5.21. The summed E-state index contributed by atoms with van der Waals surface area (Å²) in [5, 5.41) is 4.44. The first-order valence-corrected chi connectivity index (χ1v) is 10.1. The van der Waals surface area contributed by atoms with Crippen molar-refractivity contribution in [3.8, 4) is 16.9 Å². The lowest BCUT2D eigenvalue weighted by Crippen LogP contribution is -2.12. The molecule has 0 N–H and O–H groups in total. The van der Waals surface area contributed by atoms with Crippen LogP contribution in [0.3, 0.4) is 0 Å². The van der Waals surface area contributed by atoms with Crippen LogP contribution in [0, 0.1) is 6.92 Å². The van der Waals surface area contributed by atoms with Gasteiger partial charge in [0, 0.05) is 23.7 Å². The molecule has 0 spiro atoms. The molecule has 2 aromatic carbocycles. The van der Waals surface area contributed by atoms with Gasteiger partial charge in [0.1, 0.15) is 0 Å². The Bertz CT molecular complexity index is 1120. The number of pyridine rings is 1. The van der Waals surface area contributed by atoms with Crippen LogP contribution < -0.4 is 0 Å². The Morgan fingerprint density at radius 1 is 0.828 bits per heavy atom. The normalized spacial score (nSPS) is 11.6. The average molecular weight is 382 g/mol. The van der Waals surface area contributed by atoms with Crippen LogP contribution in [-0.2, 0) is 11.8 Å². The van der Waals surface area contributed by atoms with E-state index in [1.54, 1.807) is 0 Å². The molecule has 3 nitrogen and oxygen atoms in total. The van der Waals surface area contributed by atoms with E-state index in [0.29, 0.717) is 0 Å². The maximum Gasteiger partial charge on any atom is 0.0702 e. The van der Waals surface area contributed by atoms with Gasteiger partial charge in [-0.15, -0.1) is 0 Å². The maximum absolute atomic E-state index is 4.57. The van der Waals surface area contributed by atoms with Crippen molar-refractivity contribution in [3.63, 3.8) is 0 Å². The topological polar surface area (TPSA) is 30.7 Å². The Morgan fingerprint density at radius 2 is 1.69 bits per heavy atom. The van der Waals surface area contributed by atoms with Crippen molar-refractivity contribution in [1.82, 2.24) is 14.8 Å². The molecule has 29 heavy (non-hydrogen) atoms. The average Bonchev–Trinajstić information content (AvgIpc) is 3.14. The van der Waals surface area contributed by atoms with Gasteiger partial charge in [-0.3, -0.25) is 4.98 Å². The van der Waals surface area contributed by atoms with Crippen LogP contribution in [0.15, 0.2) is 79.1 Å². The predicted octanol–water partition coefficient (Wildman–Crippen LogP) is 6.13. The zero-order valence-electron chi connectivity index (χ0n) is 17.6. The molecule has 4 rings (SSSR count). The summed E-state index contributed by atoms with van der Waals surface area (Å²) in [6.45, 7) is 8.85. The first-order valence-electron chi connectivity index (χ1n) is 10.1. The van der Waals surface area contributed by atoms with E-state index >= 15 is 0 Å². The molecule has 0 aliphatic rings. The summed E-state index contributed by atoms with van der Waals surface area (Å²) in [6, 6.07) is 23.6. The van der Waals surface area contributed by atoms with Gasteiger partial charge in [-0.1, -0.05) is 45.0 Å². The molecule has 0 atom stereocenters. The molecule has 0 aliphatic heterocycles. The highest BCUT2D eigenvalue weighted by atomic mass is 15.3. The first kappa shape index (κ1) is 19.1. The van der Waals surface area contributed by atoms with Crippen LogP contribution in [-0.4, -0.2) is 14.8 Å². The second-order valence-corrected chi connectivity index (χ2v) is 8.61. The van der Waals surface area contributed by atoms with E-state index in [2.05, 4.69) is 86.3 Å². The molecule has 0 aliphatic carbocycles. The fourth-order valence-electron chi connectivity index (χ4n) is 3.58. The molecule has 0 bridgehead atoms. The number of nitrogens with zero attached hydrogens (tertiary/aromatic N) is 3. The summed E-state index contributed by atoms with van der Waals surface area (Å²) in [4.78, 5) is 4.57. The maximum atomic E-state index is 4.57. The van der Waals surface area contributed by atoms with Crippen molar-refractivity contribution in [2.75, 3.05) is 0 Å². The molecule has 0 fully saturated rings. The molecular formula is C26H27N3. The van der Waals surface area contributed by atoms with Crippen molar-refractivity contribution >= 4 is 0 Å². The Balaban J connectivity index is 1.73. The van der Waals surface area contributed by atoms with E-state index in [1.807, 2.05) is 35.3 Å². The predicted molar refractivity (Wildman–Crippen MR) is 119 cm³/mol. The molecule has 0 saturated heterocycles. The molecule has 146 valence electrons. The van der Waals surface area contributed by atoms with E-state index in [-0.39, 0.29) is 5.41 Å². The van der Waals surface area contributed by atoms with Crippen LogP contribution in [0.2, 0.25) is 0 Å². The summed E-state index contributed by atoms with van der Waals surface area (Å²) in [6.07, 6.45) is 4.57. The number of rotatable bonds is 4. The zero-order valence-corrected chi connectivity index (χ0v) is 17.6. The molecule has 0 unspecified atom stereocenters. The minimum atomic E-state index is 0.0769. The van der Waals surface area contributed by atoms with E-state index in [4.69, 9.17) is 0 Å². The highest BCUT2D eigenvalue weighted by molar-refractivity contribution is 5.62. The first-order chi connectivity index (χ1) is 13.9. The molecule has 0 amide bonds. The fraction of sp³-hybridized carbons (Fsp3) is 0.231. The molecule has 4 aromatic rings. The van der Waals surface area contributed by atoms with Gasteiger partial charge in [-0.05, 0) is 77.9 Å². The lowest BCUT2D eigenvalue weighted by atomic mass is 9.84. The molecule has 2 heterocycles. The second kappa shape index (κ2) is 7.67. The van der Waals surface area contributed by atoms with E-state index in [9.17, 15) is 0 Å². The lowest BCUT2D eigenvalue weighted by Gasteiger charge is -2.21. The summed E-state index contributed by atoms with van der Waals surface area (Å²) < 4.78 is 1.98. The van der Waals surface area contributed by atoms with Gasteiger partial charge in [0.2, 0.25) is 0 Å². The standard InChI is InChI=1S/C26H27N3/c1-19-11-13-28-29(19)24-9-7-8-20(17-24)14-21-15-22(25-10-5-6-12-27-25)18-23(16-21)26(2,3)4/h5-13,15-18H,14H2,1-4H3. The molecule has 2 aromatic heterocycles. The van der Waals surface area contributed by atoms with Gasteiger partial charge in [0.05, 0.1) is 11.4 Å². The number of benzene rings is 2. The van der Waals surface area contributed by atoms with Crippen LogP contribution in [0.25, 0.3) is 16.9 Å². The Kier molecular flexibility index (Phi) is 5.06. The minimum Gasteiger partial charge on any atom is -0.256 e. The van der Waals surface area contributed by atoms with E-state index < -0.39 is 0 Å². The van der Waals surface area contributed by atoms with E-state index in [0.717, 1.165) is 23.5 Å². The van der Waals surface area contributed by atoms with Gasteiger partial charge in [-0.2, -0.15) is 5.10 Å². The molecule has 0 saturated carbocycles. The summed E-state index contributed by atoms with van der Waals surface area (Å²) in [7, 11) is 0. The highest BCUT2D eigenvalue weighted by Crippen LogP contribution is 2.29. The Morgan fingerprint density at radius 3 is 2.38 bits per heavy atom. The third-order valence-corrected chi connectivity index (χ3v) is 5.21.